The van der Waals surface area contributed by atoms with E-state index in [1.165, 1.54) is 6.33 Å². The van der Waals surface area contributed by atoms with Crippen molar-refractivity contribution in [3.63, 3.8) is 0 Å². The topological polar surface area (TPSA) is 109 Å². The number of benzene rings is 1. The van der Waals surface area contributed by atoms with E-state index in [-0.39, 0.29) is 24.8 Å². The molecule has 2 atom stereocenters. The van der Waals surface area contributed by atoms with Crippen molar-refractivity contribution < 1.29 is 19.1 Å². The maximum Gasteiger partial charge on any atom is 0.410 e. The van der Waals surface area contributed by atoms with E-state index in [9.17, 15) is 9.59 Å². The summed E-state index contributed by atoms with van der Waals surface area (Å²) < 4.78 is 10.9. The van der Waals surface area contributed by atoms with E-state index in [1.54, 1.807) is 11.1 Å². The number of rotatable bonds is 7. The van der Waals surface area contributed by atoms with Gasteiger partial charge in [-0.3, -0.25) is 0 Å². The van der Waals surface area contributed by atoms with Crippen LogP contribution in [0.1, 0.15) is 49.0 Å². The maximum atomic E-state index is 12.8. The lowest BCUT2D eigenvalue weighted by molar-refractivity contribution is 0.0507. The third kappa shape index (κ3) is 5.24. The second-order valence-corrected chi connectivity index (χ2v) is 8.24. The van der Waals surface area contributed by atoms with Gasteiger partial charge in [0.2, 0.25) is 0 Å². The Bertz CT molecular complexity index is 1100. The number of esters is 1. The first-order valence-corrected chi connectivity index (χ1v) is 11.3. The Morgan fingerprint density at radius 3 is 2.79 bits per heavy atom. The smallest absolute Gasteiger partial charge is 0.410 e. The number of nitrogens with one attached hydrogen (secondary N) is 2. The molecule has 0 bridgehead atoms. The Hall–Kier alpha value is -3.62. The standard InChI is InChI=1S/C24H29N5O4/c1-3-11-32-23(30)19-12-25-21-20(19)22(27-15-26-21)28-18-10-9-16(2)29(13-18)24(31)33-14-17-7-5-4-6-8-17/h4-8,12,15-16,18H,3,9-11,13-14H2,1-2H3,(H2,25,26,27,28)/t16-,18+/m0/s1. The second kappa shape index (κ2) is 10.3. The van der Waals surface area contributed by atoms with Crippen molar-refractivity contribution in [2.75, 3.05) is 18.5 Å². The van der Waals surface area contributed by atoms with E-state index < -0.39 is 5.97 Å². The average Bonchev–Trinajstić information content (AvgIpc) is 3.28. The lowest BCUT2D eigenvalue weighted by Gasteiger charge is -2.37. The molecule has 3 aromatic rings. The number of hydrogen-bond acceptors (Lipinski definition) is 7. The Morgan fingerprint density at radius 1 is 1.18 bits per heavy atom. The van der Waals surface area contributed by atoms with Crippen LogP contribution in [-0.2, 0) is 16.1 Å². The predicted molar refractivity (Wildman–Crippen MR) is 124 cm³/mol. The van der Waals surface area contributed by atoms with Gasteiger partial charge in [-0.05, 0) is 31.7 Å². The van der Waals surface area contributed by atoms with Crippen molar-refractivity contribution in [1.82, 2.24) is 19.9 Å². The van der Waals surface area contributed by atoms with E-state index in [2.05, 4.69) is 20.3 Å². The Kier molecular flexibility index (Phi) is 7.07. The summed E-state index contributed by atoms with van der Waals surface area (Å²) in [6, 6.07) is 9.65. The number of likely N-dealkylation sites (tertiary alicyclic amines) is 1. The van der Waals surface area contributed by atoms with Crippen molar-refractivity contribution in [2.45, 2.75) is 51.8 Å². The number of hydrogen-bond donors (Lipinski definition) is 2. The minimum absolute atomic E-state index is 0.0435. The highest BCUT2D eigenvalue weighted by molar-refractivity contribution is 6.07. The molecule has 0 aliphatic carbocycles. The molecule has 4 rings (SSSR count). The van der Waals surface area contributed by atoms with E-state index >= 15 is 0 Å². The average molecular weight is 452 g/mol. The molecule has 1 saturated heterocycles. The number of amides is 1. The van der Waals surface area contributed by atoms with Gasteiger partial charge >= 0.3 is 12.1 Å². The molecule has 1 fully saturated rings. The monoisotopic (exact) mass is 451 g/mol. The van der Waals surface area contributed by atoms with Gasteiger partial charge in [0, 0.05) is 24.8 Å². The van der Waals surface area contributed by atoms with Crippen LogP contribution in [0.5, 0.6) is 0 Å². The lowest BCUT2D eigenvalue weighted by Crippen LogP contribution is -2.49. The van der Waals surface area contributed by atoms with Gasteiger partial charge in [0.1, 0.15) is 24.4 Å². The molecule has 0 spiro atoms. The van der Waals surface area contributed by atoms with Crippen LogP contribution in [0.2, 0.25) is 0 Å². The van der Waals surface area contributed by atoms with Gasteiger partial charge in [-0.2, -0.15) is 0 Å². The molecule has 3 heterocycles. The molecule has 33 heavy (non-hydrogen) atoms. The number of carbonyl (C=O) groups excluding carboxylic acids is 2. The molecule has 9 nitrogen and oxygen atoms in total. The summed E-state index contributed by atoms with van der Waals surface area (Å²) in [5, 5.41) is 4.01. The molecule has 1 amide bonds. The fourth-order valence-electron chi connectivity index (χ4n) is 3.98. The van der Waals surface area contributed by atoms with Crippen LogP contribution >= 0.6 is 0 Å². The Morgan fingerprint density at radius 2 is 2.00 bits per heavy atom. The second-order valence-electron chi connectivity index (χ2n) is 8.24. The zero-order chi connectivity index (χ0) is 23.2. The van der Waals surface area contributed by atoms with E-state index in [4.69, 9.17) is 9.47 Å². The van der Waals surface area contributed by atoms with Crippen molar-refractivity contribution in [3.05, 3.63) is 54.0 Å². The largest absolute Gasteiger partial charge is 0.462 e. The van der Waals surface area contributed by atoms with E-state index in [1.807, 2.05) is 44.2 Å². The highest BCUT2D eigenvalue weighted by Crippen LogP contribution is 2.27. The SMILES string of the molecule is CCCOC(=O)c1c[nH]c2ncnc(N[C@@H]3CC[C@H](C)N(C(=O)OCc4ccccc4)C3)c12. The fraction of sp³-hybridized carbons (Fsp3) is 0.417. The quantitative estimate of drug-likeness (QED) is 0.520. The van der Waals surface area contributed by atoms with Crippen LogP contribution in [-0.4, -0.2) is 57.1 Å². The minimum Gasteiger partial charge on any atom is -0.462 e. The maximum absolute atomic E-state index is 12.8. The van der Waals surface area contributed by atoms with Crippen LogP contribution in [0, 0.1) is 0 Å². The summed E-state index contributed by atoms with van der Waals surface area (Å²) >= 11 is 0. The molecule has 0 unspecified atom stereocenters. The lowest BCUT2D eigenvalue weighted by atomic mass is 9.99. The van der Waals surface area contributed by atoms with Gasteiger partial charge in [0.15, 0.2) is 0 Å². The number of anilines is 1. The molecule has 0 radical (unpaired) electrons. The molecular weight excluding hydrogens is 422 g/mol. The van der Waals surface area contributed by atoms with Crippen LogP contribution in [0.15, 0.2) is 42.9 Å². The normalized spacial score (nSPS) is 18.2. The zero-order valence-electron chi connectivity index (χ0n) is 18.9. The number of nitrogens with zero attached hydrogens (tertiary/aromatic N) is 3. The fourth-order valence-corrected chi connectivity index (χ4v) is 3.98. The van der Waals surface area contributed by atoms with E-state index in [0.717, 1.165) is 24.8 Å². The van der Waals surface area contributed by atoms with Crippen LogP contribution in [0.25, 0.3) is 11.0 Å². The van der Waals surface area contributed by atoms with Crippen molar-refractivity contribution in [1.29, 1.82) is 0 Å². The molecule has 1 aromatic carbocycles. The van der Waals surface area contributed by atoms with Gasteiger partial charge < -0.3 is 24.7 Å². The van der Waals surface area contributed by atoms with Crippen molar-refractivity contribution in [2.24, 2.45) is 0 Å². The molecule has 2 aromatic heterocycles. The number of ether oxygens (including phenoxy) is 2. The third-order valence-electron chi connectivity index (χ3n) is 5.79. The molecule has 9 heteroatoms. The van der Waals surface area contributed by atoms with Crippen molar-refractivity contribution in [3.8, 4) is 0 Å². The summed E-state index contributed by atoms with van der Waals surface area (Å²) in [5.74, 6) is 0.131. The predicted octanol–water partition coefficient (Wildman–Crippen LogP) is 4.13. The molecule has 174 valence electrons. The number of H-pyrrole nitrogens is 1. The first kappa shape index (κ1) is 22.6. The molecule has 2 N–H and O–H groups in total. The third-order valence-corrected chi connectivity index (χ3v) is 5.79. The summed E-state index contributed by atoms with van der Waals surface area (Å²) in [6.45, 7) is 5.03. The highest BCUT2D eigenvalue weighted by atomic mass is 16.6. The summed E-state index contributed by atoms with van der Waals surface area (Å²) in [5.41, 5.74) is 1.90. The van der Waals surface area contributed by atoms with Crippen molar-refractivity contribution >= 4 is 28.9 Å². The molecule has 1 aliphatic heterocycles. The Balaban J connectivity index is 1.46. The van der Waals surface area contributed by atoms with Gasteiger partial charge in [-0.1, -0.05) is 37.3 Å². The Labute approximate surface area is 192 Å². The molecule has 1 aliphatic rings. The number of aromatic nitrogens is 3. The van der Waals surface area contributed by atoms with Gasteiger partial charge in [0.05, 0.1) is 17.6 Å². The van der Waals surface area contributed by atoms with Gasteiger partial charge in [-0.25, -0.2) is 19.6 Å². The van der Waals surface area contributed by atoms with Crippen LogP contribution in [0.3, 0.4) is 0 Å². The molecule has 0 saturated carbocycles. The first-order chi connectivity index (χ1) is 16.1. The summed E-state index contributed by atoms with van der Waals surface area (Å²) in [6.07, 6.45) is 5.13. The van der Waals surface area contributed by atoms with Gasteiger partial charge in [-0.15, -0.1) is 0 Å². The summed E-state index contributed by atoms with van der Waals surface area (Å²) in [4.78, 5) is 38.6. The van der Waals surface area contributed by atoms with Crippen LogP contribution < -0.4 is 5.32 Å². The number of aromatic amines is 1. The summed E-state index contributed by atoms with van der Waals surface area (Å²) in [7, 11) is 0. The number of fused-ring (bicyclic) bond motifs is 1. The van der Waals surface area contributed by atoms with E-state index in [0.29, 0.717) is 35.6 Å². The number of piperidine rings is 1. The first-order valence-electron chi connectivity index (χ1n) is 11.3. The zero-order valence-corrected chi connectivity index (χ0v) is 18.9. The van der Waals surface area contributed by atoms with Crippen LogP contribution in [0.4, 0.5) is 10.6 Å². The minimum atomic E-state index is -0.413. The van der Waals surface area contributed by atoms with Gasteiger partial charge in [0.25, 0.3) is 0 Å². The highest BCUT2D eigenvalue weighted by Gasteiger charge is 2.31. The molecular formula is C24H29N5O4. The number of carbonyl (C=O) groups is 2.